The van der Waals surface area contributed by atoms with Gasteiger partial charge in [-0.3, -0.25) is 14.4 Å². The fourth-order valence-electron chi connectivity index (χ4n) is 4.25. The van der Waals surface area contributed by atoms with E-state index in [4.69, 9.17) is 4.74 Å². The molecule has 5 rings (SSSR count). The lowest BCUT2D eigenvalue weighted by Gasteiger charge is -2.32. The summed E-state index contributed by atoms with van der Waals surface area (Å²) in [4.78, 5) is 40.3. The van der Waals surface area contributed by atoms with Crippen LogP contribution < -0.4 is 0 Å². The summed E-state index contributed by atoms with van der Waals surface area (Å²) in [6.45, 7) is 0.453. The summed E-state index contributed by atoms with van der Waals surface area (Å²) in [5, 5.41) is 0. The Morgan fingerprint density at radius 2 is 1.50 bits per heavy atom. The van der Waals surface area contributed by atoms with Crippen molar-refractivity contribution in [2.75, 3.05) is 19.8 Å². The molecular weight excluding hydrogens is 434 g/mol. The zero-order chi connectivity index (χ0) is 22.5. The van der Waals surface area contributed by atoms with Crippen LogP contribution in [-0.2, 0) is 19.6 Å². The van der Waals surface area contributed by atoms with E-state index in [9.17, 15) is 22.8 Å². The number of piperidine rings is 1. The first-order chi connectivity index (χ1) is 15.4. The maximum atomic E-state index is 12.6. The lowest BCUT2D eigenvalue weighted by Crippen LogP contribution is -2.41. The Hall–Kier alpha value is -3.53. The normalized spacial score (nSPS) is 19.6. The minimum Gasteiger partial charge on any atom is -0.443 e. The summed E-state index contributed by atoms with van der Waals surface area (Å²) >= 11 is 0. The van der Waals surface area contributed by atoms with Gasteiger partial charge >= 0.3 is 5.97 Å². The largest absolute Gasteiger partial charge is 0.443 e. The molecule has 0 aliphatic carbocycles. The van der Waals surface area contributed by atoms with E-state index in [2.05, 4.69) is 4.40 Å². The third-order valence-electron chi connectivity index (χ3n) is 5.95. The van der Waals surface area contributed by atoms with Gasteiger partial charge in [-0.2, -0.15) is 8.42 Å². The Morgan fingerprint density at radius 3 is 2.12 bits per heavy atom. The Morgan fingerprint density at radius 1 is 0.938 bits per heavy atom. The lowest BCUT2D eigenvalue weighted by molar-refractivity contribution is -0.152. The van der Waals surface area contributed by atoms with E-state index in [1.165, 1.54) is 6.07 Å². The molecule has 0 saturated carbocycles. The average Bonchev–Trinajstić information content (AvgIpc) is 3.23. The highest BCUT2D eigenvalue weighted by molar-refractivity contribution is 7.90. The molecule has 0 atom stereocenters. The zero-order valence-electron chi connectivity index (χ0n) is 16.9. The van der Waals surface area contributed by atoms with Crippen molar-refractivity contribution in [3.8, 4) is 0 Å². The van der Waals surface area contributed by atoms with E-state index in [-0.39, 0.29) is 4.90 Å². The van der Waals surface area contributed by atoms with Gasteiger partial charge in [0.15, 0.2) is 12.6 Å². The summed E-state index contributed by atoms with van der Waals surface area (Å²) < 4.78 is 33.8. The summed E-state index contributed by atoms with van der Waals surface area (Å²) in [5.74, 6) is -1.45. The number of esters is 1. The number of ether oxygens (including phenoxy) is 1. The van der Waals surface area contributed by atoms with Crippen molar-refractivity contribution in [3.63, 3.8) is 0 Å². The van der Waals surface area contributed by atoms with Gasteiger partial charge in [-0.05, 0) is 37.1 Å². The first kappa shape index (κ1) is 20.4. The first-order valence-corrected chi connectivity index (χ1v) is 11.6. The number of amidine groups is 1. The van der Waals surface area contributed by atoms with Crippen molar-refractivity contribution in [2.45, 2.75) is 17.7 Å². The van der Waals surface area contributed by atoms with Gasteiger partial charge in [0.25, 0.3) is 21.8 Å². The van der Waals surface area contributed by atoms with Gasteiger partial charge in [-0.25, -0.2) is 4.90 Å². The van der Waals surface area contributed by atoms with Gasteiger partial charge in [0.2, 0.25) is 0 Å². The second-order valence-corrected chi connectivity index (χ2v) is 9.40. The molecule has 3 aliphatic rings. The molecule has 9 nitrogen and oxygen atoms in total. The highest BCUT2D eigenvalue weighted by Gasteiger charge is 2.38. The predicted molar refractivity (Wildman–Crippen MR) is 112 cm³/mol. The number of rotatable bonds is 3. The monoisotopic (exact) mass is 453 g/mol. The number of carbonyl (C=O) groups excluding carboxylic acids is 3. The zero-order valence-corrected chi connectivity index (χ0v) is 17.7. The lowest BCUT2D eigenvalue weighted by atomic mass is 9.96. The Bertz CT molecular complexity index is 1240. The quantitative estimate of drug-likeness (QED) is 0.513. The van der Waals surface area contributed by atoms with Crippen LogP contribution in [0.3, 0.4) is 0 Å². The molecule has 0 aromatic heterocycles. The number of fused-ring (bicyclic) bond motifs is 2. The molecule has 32 heavy (non-hydrogen) atoms. The molecule has 0 unspecified atom stereocenters. The maximum absolute atomic E-state index is 12.6. The molecule has 0 bridgehead atoms. The Kier molecular flexibility index (Phi) is 4.81. The number of nitrogens with zero attached hydrogens (tertiary/aromatic N) is 3. The van der Waals surface area contributed by atoms with Crippen molar-refractivity contribution >= 4 is 33.6 Å². The van der Waals surface area contributed by atoms with E-state index in [1.807, 2.05) is 4.90 Å². The van der Waals surface area contributed by atoms with Crippen molar-refractivity contribution in [3.05, 3.63) is 65.2 Å². The van der Waals surface area contributed by atoms with Gasteiger partial charge in [-0.15, -0.1) is 4.40 Å². The van der Waals surface area contributed by atoms with Crippen LogP contribution in [0.5, 0.6) is 0 Å². The molecule has 2 aromatic carbocycles. The van der Waals surface area contributed by atoms with Crippen LogP contribution in [0.1, 0.15) is 39.1 Å². The third-order valence-corrected chi connectivity index (χ3v) is 7.28. The van der Waals surface area contributed by atoms with Gasteiger partial charge < -0.3 is 9.64 Å². The van der Waals surface area contributed by atoms with Crippen LogP contribution in [0.25, 0.3) is 0 Å². The minimum atomic E-state index is -3.70. The molecule has 0 N–H and O–H groups in total. The highest BCUT2D eigenvalue weighted by Crippen LogP contribution is 2.30. The van der Waals surface area contributed by atoms with Crippen molar-refractivity contribution in [1.29, 1.82) is 0 Å². The molecule has 1 saturated heterocycles. The summed E-state index contributed by atoms with van der Waals surface area (Å²) in [6.07, 6.45) is 0.893. The van der Waals surface area contributed by atoms with E-state index in [0.717, 1.165) is 4.90 Å². The second-order valence-electron chi connectivity index (χ2n) is 7.82. The van der Waals surface area contributed by atoms with Gasteiger partial charge in [-0.1, -0.05) is 24.3 Å². The molecule has 2 aromatic rings. The fourth-order valence-corrected chi connectivity index (χ4v) is 5.47. The maximum Gasteiger partial charge on any atom is 0.310 e. The SMILES string of the molecule is O=C(OCN1C(=O)c2ccccc2C1=O)C1CCN(C2=NS(=O)(=O)c3ccccc32)CC1. The molecule has 3 aliphatic heterocycles. The number of amides is 2. The van der Waals surface area contributed by atoms with Crippen LogP contribution in [0.2, 0.25) is 0 Å². The van der Waals surface area contributed by atoms with Gasteiger partial charge in [0, 0.05) is 18.7 Å². The highest BCUT2D eigenvalue weighted by atomic mass is 32.2. The Labute approximate surface area is 184 Å². The molecular formula is C22H19N3O6S. The van der Waals surface area contributed by atoms with E-state index < -0.39 is 40.5 Å². The summed E-state index contributed by atoms with van der Waals surface area (Å²) in [6, 6.07) is 13.2. The van der Waals surface area contributed by atoms with E-state index in [0.29, 0.717) is 48.5 Å². The number of carbonyl (C=O) groups is 3. The molecule has 10 heteroatoms. The third kappa shape index (κ3) is 3.27. The Balaban J connectivity index is 1.19. The average molecular weight is 453 g/mol. The molecule has 0 spiro atoms. The van der Waals surface area contributed by atoms with Crippen molar-refractivity contribution in [2.24, 2.45) is 10.3 Å². The van der Waals surface area contributed by atoms with E-state index in [1.54, 1.807) is 42.5 Å². The molecule has 3 heterocycles. The number of imide groups is 1. The van der Waals surface area contributed by atoms with Crippen molar-refractivity contribution < 1.29 is 27.5 Å². The molecule has 164 valence electrons. The topological polar surface area (TPSA) is 113 Å². The number of sulfonamides is 1. The van der Waals surface area contributed by atoms with Crippen LogP contribution in [0.15, 0.2) is 57.8 Å². The van der Waals surface area contributed by atoms with E-state index >= 15 is 0 Å². The fraction of sp³-hybridized carbons (Fsp3) is 0.273. The van der Waals surface area contributed by atoms with Gasteiger partial charge in [0.1, 0.15) is 4.90 Å². The standard InChI is InChI=1S/C22H19N3O6S/c26-20-15-5-1-2-6-16(15)21(27)25(20)13-31-22(28)14-9-11-24(12-10-14)19-17-7-3-4-8-18(17)32(29,30)23-19/h1-8,14H,9-13H2. The predicted octanol–water partition coefficient (Wildman–Crippen LogP) is 1.64. The number of benzene rings is 2. The first-order valence-electron chi connectivity index (χ1n) is 10.2. The number of likely N-dealkylation sites (tertiary alicyclic amines) is 1. The second kappa shape index (κ2) is 7.56. The van der Waals surface area contributed by atoms with Crippen LogP contribution in [0, 0.1) is 5.92 Å². The molecule has 0 radical (unpaired) electrons. The van der Waals surface area contributed by atoms with Crippen LogP contribution in [0.4, 0.5) is 0 Å². The number of hydrogen-bond donors (Lipinski definition) is 0. The minimum absolute atomic E-state index is 0.192. The summed E-state index contributed by atoms with van der Waals surface area (Å²) in [7, 11) is -3.70. The van der Waals surface area contributed by atoms with Crippen molar-refractivity contribution in [1.82, 2.24) is 9.80 Å². The molecule has 1 fully saturated rings. The molecule has 2 amide bonds. The summed E-state index contributed by atoms with van der Waals surface area (Å²) in [5.41, 5.74) is 1.17. The van der Waals surface area contributed by atoms with Crippen LogP contribution in [-0.4, -0.2) is 61.7 Å². The number of hydrogen-bond acceptors (Lipinski definition) is 7. The van der Waals surface area contributed by atoms with Gasteiger partial charge in [0.05, 0.1) is 17.0 Å². The van der Waals surface area contributed by atoms with Crippen LogP contribution >= 0.6 is 0 Å². The smallest absolute Gasteiger partial charge is 0.310 e.